The lowest BCUT2D eigenvalue weighted by molar-refractivity contribution is 0.0173. The molecule has 1 saturated carbocycles. The van der Waals surface area contributed by atoms with Gasteiger partial charge in [-0.15, -0.1) is 0 Å². The maximum atomic E-state index is 12.5. The van der Waals surface area contributed by atoms with E-state index in [0.29, 0.717) is 24.8 Å². The van der Waals surface area contributed by atoms with Gasteiger partial charge in [-0.25, -0.2) is 4.98 Å². The van der Waals surface area contributed by atoms with Crippen LogP contribution in [-0.2, 0) is 6.42 Å². The predicted octanol–water partition coefficient (Wildman–Crippen LogP) is 2.11. The van der Waals surface area contributed by atoms with Gasteiger partial charge in [-0.2, -0.15) is 0 Å². The number of amides is 1. The number of aryl methyl sites for hydroxylation is 1. The number of carbonyl (C=O) groups is 1. The molecule has 130 valence electrons. The molecule has 1 aromatic carbocycles. The number of benzene rings is 1. The van der Waals surface area contributed by atoms with E-state index >= 15 is 0 Å². The standard InChI is InChI=1S/C19H21N3O3/c1-2-12-5-3-4-6-16(12)25-14-10-22(11-14)19(24)15-9-20-17(13-7-8-13)21-18(15)23/h3-6,9,13-14H,2,7-8,10-11H2,1H3,(H,20,21,23). The molecule has 1 aromatic heterocycles. The molecule has 2 heterocycles. The van der Waals surface area contributed by atoms with Gasteiger partial charge in [-0.1, -0.05) is 25.1 Å². The molecule has 25 heavy (non-hydrogen) atoms. The number of nitrogens with zero attached hydrogens (tertiary/aromatic N) is 2. The van der Waals surface area contributed by atoms with E-state index in [1.807, 2.05) is 24.3 Å². The molecule has 6 nitrogen and oxygen atoms in total. The smallest absolute Gasteiger partial charge is 0.263 e. The van der Waals surface area contributed by atoms with E-state index in [9.17, 15) is 9.59 Å². The Hall–Kier alpha value is -2.63. The fraction of sp³-hybridized carbons (Fsp3) is 0.421. The largest absolute Gasteiger partial charge is 0.486 e. The second-order valence-corrected chi connectivity index (χ2v) is 6.70. The maximum absolute atomic E-state index is 12.5. The summed E-state index contributed by atoms with van der Waals surface area (Å²) in [5.74, 6) is 1.65. The highest BCUT2D eigenvalue weighted by Gasteiger charge is 2.35. The van der Waals surface area contributed by atoms with Crippen LogP contribution in [0.15, 0.2) is 35.3 Å². The molecule has 1 aliphatic heterocycles. The minimum Gasteiger partial charge on any atom is -0.486 e. The van der Waals surface area contributed by atoms with Crippen molar-refractivity contribution in [2.45, 2.75) is 38.2 Å². The molecular weight excluding hydrogens is 318 g/mol. The lowest BCUT2D eigenvalue weighted by Gasteiger charge is -2.39. The molecule has 1 N–H and O–H groups in total. The first kappa shape index (κ1) is 15.9. The minimum absolute atomic E-state index is 0.0329. The van der Waals surface area contributed by atoms with Gasteiger partial charge < -0.3 is 14.6 Å². The predicted molar refractivity (Wildman–Crippen MR) is 93.0 cm³/mol. The van der Waals surface area contributed by atoms with Gasteiger partial charge in [-0.05, 0) is 30.9 Å². The molecule has 0 bridgehead atoms. The van der Waals surface area contributed by atoms with Gasteiger partial charge in [0.2, 0.25) is 0 Å². The summed E-state index contributed by atoms with van der Waals surface area (Å²) < 4.78 is 5.98. The number of aromatic nitrogens is 2. The first-order chi connectivity index (χ1) is 12.2. The van der Waals surface area contributed by atoms with E-state index in [0.717, 1.165) is 30.6 Å². The third-order valence-electron chi connectivity index (χ3n) is 4.80. The molecule has 2 aliphatic rings. The van der Waals surface area contributed by atoms with Crippen molar-refractivity contribution in [3.8, 4) is 5.75 Å². The molecular formula is C19H21N3O3. The normalized spacial score (nSPS) is 17.2. The van der Waals surface area contributed by atoms with Crippen molar-refractivity contribution in [1.29, 1.82) is 0 Å². The van der Waals surface area contributed by atoms with E-state index in [1.165, 1.54) is 6.20 Å². The monoisotopic (exact) mass is 339 g/mol. The molecule has 1 aliphatic carbocycles. The third-order valence-corrected chi connectivity index (χ3v) is 4.80. The summed E-state index contributed by atoms with van der Waals surface area (Å²) in [5.41, 5.74) is 0.919. The van der Waals surface area contributed by atoms with Crippen LogP contribution in [0.25, 0.3) is 0 Å². The summed E-state index contributed by atoms with van der Waals surface area (Å²) in [5, 5.41) is 0. The molecule has 0 spiro atoms. The molecule has 0 radical (unpaired) electrons. The summed E-state index contributed by atoms with van der Waals surface area (Å²) >= 11 is 0. The van der Waals surface area contributed by atoms with Crippen LogP contribution in [0.4, 0.5) is 0 Å². The van der Waals surface area contributed by atoms with Crippen molar-refractivity contribution in [2.24, 2.45) is 0 Å². The number of H-pyrrole nitrogens is 1. The highest BCUT2D eigenvalue weighted by atomic mass is 16.5. The van der Waals surface area contributed by atoms with Gasteiger partial charge in [0.05, 0.1) is 13.1 Å². The van der Waals surface area contributed by atoms with Crippen molar-refractivity contribution in [1.82, 2.24) is 14.9 Å². The Morgan fingerprint density at radius 2 is 2.08 bits per heavy atom. The van der Waals surface area contributed by atoms with Crippen molar-refractivity contribution in [2.75, 3.05) is 13.1 Å². The Balaban J connectivity index is 1.38. The van der Waals surface area contributed by atoms with E-state index < -0.39 is 0 Å². The number of para-hydroxylation sites is 1. The molecule has 2 fully saturated rings. The van der Waals surface area contributed by atoms with Crippen molar-refractivity contribution in [3.05, 3.63) is 57.8 Å². The van der Waals surface area contributed by atoms with Gasteiger partial charge >= 0.3 is 0 Å². The number of hydrogen-bond acceptors (Lipinski definition) is 4. The minimum atomic E-state index is -0.345. The number of rotatable bonds is 5. The number of carbonyl (C=O) groups excluding carboxylic acids is 1. The fourth-order valence-electron chi connectivity index (χ4n) is 3.06. The zero-order valence-corrected chi connectivity index (χ0v) is 14.2. The Labute approximate surface area is 145 Å². The SMILES string of the molecule is CCc1ccccc1OC1CN(C(=O)c2cnc(C3CC3)[nH]c2=O)C1. The lowest BCUT2D eigenvalue weighted by atomic mass is 10.1. The van der Waals surface area contributed by atoms with Crippen molar-refractivity contribution in [3.63, 3.8) is 0 Å². The van der Waals surface area contributed by atoms with Gasteiger partial charge in [0.1, 0.15) is 23.2 Å². The maximum Gasteiger partial charge on any atom is 0.263 e. The summed E-state index contributed by atoms with van der Waals surface area (Å²) in [4.78, 5) is 33.2. The molecule has 2 aromatic rings. The van der Waals surface area contributed by atoms with Gasteiger partial charge in [0.25, 0.3) is 11.5 Å². The second-order valence-electron chi connectivity index (χ2n) is 6.70. The average Bonchev–Trinajstić information content (AvgIpc) is 3.42. The van der Waals surface area contributed by atoms with Crippen LogP contribution in [-0.4, -0.2) is 40.0 Å². The van der Waals surface area contributed by atoms with Crippen LogP contribution in [0.2, 0.25) is 0 Å². The summed E-state index contributed by atoms with van der Waals surface area (Å²) in [7, 11) is 0. The molecule has 1 saturated heterocycles. The zero-order valence-electron chi connectivity index (χ0n) is 14.2. The van der Waals surface area contributed by atoms with Crippen LogP contribution in [0.1, 0.15) is 47.4 Å². The van der Waals surface area contributed by atoms with Crippen LogP contribution in [0.5, 0.6) is 5.75 Å². The van der Waals surface area contributed by atoms with E-state index in [1.54, 1.807) is 4.90 Å². The van der Waals surface area contributed by atoms with E-state index in [-0.39, 0.29) is 23.1 Å². The van der Waals surface area contributed by atoms with Crippen LogP contribution >= 0.6 is 0 Å². The van der Waals surface area contributed by atoms with Gasteiger partial charge in [-0.3, -0.25) is 9.59 Å². The molecule has 1 amide bonds. The van der Waals surface area contributed by atoms with Crippen LogP contribution in [0, 0.1) is 0 Å². The second kappa shape index (κ2) is 6.35. The highest BCUT2D eigenvalue weighted by Crippen LogP contribution is 2.37. The Kier molecular flexibility index (Phi) is 4.03. The molecule has 0 atom stereocenters. The quantitative estimate of drug-likeness (QED) is 0.905. The van der Waals surface area contributed by atoms with E-state index in [2.05, 4.69) is 16.9 Å². The lowest BCUT2D eigenvalue weighted by Crippen LogP contribution is -2.57. The molecule has 6 heteroatoms. The number of nitrogens with one attached hydrogen (secondary N) is 1. The number of ether oxygens (including phenoxy) is 1. The van der Waals surface area contributed by atoms with Crippen LogP contribution in [0.3, 0.4) is 0 Å². The first-order valence-corrected chi connectivity index (χ1v) is 8.78. The first-order valence-electron chi connectivity index (χ1n) is 8.78. The van der Waals surface area contributed by atoms with Gasteiger partial charge in [0, 0.05) is 12.1 Å². The topological polar surface area (TPSA) is 75.3 Å². The Morgan fingerprint density at radius 3 is 2.76 bits per heavy atom. The Morgan fingerprint density at radius 1 is 1.32 bits per heavy atom. The van der Waals surface area contributed by atoms with Gasteiger partial charge in [0.15, 0.2) is 0 Å². The summed E-state index contributed by atoms with van der Waals surface area (Å²) in [6.07, 6.45) is 4.39. The van der Waals surface area contributed by atoms with Crippen molar-refractivity contribution < 1.29 is 9.53 Å². The average molecular weight is 339 g/mol. The molecule has 0 unspecified atom stereocenters. The molecule has 4 rings (SSSR count). The summed E-state index contributed by atoms with van der Waals surface area (Å²) in [6, 6.07) is 7.94. The number of hydrogen-bond donors (Lipinski definition) is 1. The zero-order chi connectivity index (χ0) is 17.4. The third kappa shape index (κ3) is 3.16. The summed E-state index contributed by atoms with van der Waals surface area (Å²) in [6.45, 7) is 3.06. The Bertz CT molecular complexity index is 851. The van der Waals surface area contributed by atoms with E-state index in [4.69, 9.17) is 4.74 Å². The number of likely N-dealkylation sites (tertiary alicyclic amines) is 1. The van der Waals surface area contributed by atoms with Crippen LogP contribution < -0.4 is 10.3 Å². The van der Waals surface area contributed by atoms with Crippen molar-refractivity contribution >= 4 is 5.91 Å². The fourth-order valence-corrected chi connectivity index (χ4v) is 3.06. The number of aromatic amines is 1. The highest BCUT2D eigenvalue weighted by molar-refractivity contribution is 5.94.